The van der Waals surface area contributed by atoms with Crippen LogP contribution in [0.4, 0.5) is 0 Å². The van der Waals surface area contributed by atoms with Crippen molar-refractivity contribution in [2.75, 3.05) is 0 Å². The van der Waals surface area contributed by atoms with Crippen LogP contribution >= 0.6 is 0 Å². The van der Waals surface area contributed by atoms with E-state index in [2.05, 4.69) is 0 Å². The van der Waals surface area contributed by atoms with E-state index in [-0.39, 0.29) is 43.8 Å². The Morgan fingerprint density at radius 2 is 0.870 bits per heavy atom. The zero-order chi connectivity index (χ0) is 33.3. The quantitative estimate of drug-likeness (QED) is 0.0958. The lowest BCUT2D eigenvalue weighted by Crippen LogP contribution is -2.25. The minimum Gasteiger partial charge on any atom is -0.299 e. The molecule has 0 N–H and O–H groups in total. The second-order valence-corrected chi connectivity index (χ2v) is 10.9. The Morgan fingerprint density at radius 3 is 1.26 bits per heavy atom. The molecule has 236 valence electrons. The van der Waals surface area contributed by atoms with Crippen LogP contribution in [0.15, 0.2) is 121 Å². The average Bonchev–Trinajstić information content (AvgIpc) is 3.11. The maximum Gasteiger partial charge on any atom is 0.264 e. The van der Waals surface area contributed by atoms with E-state index in [4.69, 9.17) is 0 Å². The van der Waals surface area contributed by atoms with Crippen LogP contribution in [0.5, 0.6) is 0 Å². The van der Waals surface area contributed by atoms with E-state index in [1.165, 1.54) is 0 Å². The summed E-state index contributed by atoms with van der Waals surface area (Å²) in [5, 5.41) is 0. The molecule has 0 aliphatic heterocycles. The molecule has 0 heterocycles. The topological polar surface area (TPSA) is 102 Å². The van der Waals surface area contributed by atoms with Gasteiger partial charge in [0.15, 0.2) is 11.6 Å². The third kappa shape index (κ3) is 10.5. The first kappa shape index (κ1) is 35.4. The lowest BCUT2D eigenvalue weighted by Gasteiger charge is -2.17. The highest BCUT2D eigenvalue weighted by Gasteiger charge is 2.27. The zero-order valence-corrected chi connectivity index (χ0v) is 26.4. The van der Waals surface area contributed by atoms with E-state index in [0.717, 1.165) is 22.3 Å². The number of Topliss-reactive ketones (excluding diaryl/α,β-unsaturated/α-hetero) is 6. The summed E-state index contributed by atoms with van der Waals surface area (Å²) in [7, 11) is 0. The van der Waals surface area contributed by atoms with Gasteiger partial charge in [-0.25, -0.2) is 0 Å². The molecule has 0 saturated heterocycles. The van der Waals surface area contributed by atoms with Crippen molar-refractivity contribution in [1.29, 1.82) is 0 Å². The smallest absolute Gasteiger partial charge is 0.264 e. The van der Waals surface area contributed by atoms with Crippen LogP contribution in [0.3, 0.4) is 0 Å². The van der Waals surface area contributed by atoms with Crippen LogP contribution in [-0.2, 0) is 28.8 Å². The average molecular weight is 617 g/mol. The summed E-state index contributed by atoms with van der Waals surface area (Å²) in [5.41, 5.74) is 3.72. The van der Waals surface area contributed by atoms with E-state index in [1.54, 1.807) is 6.92 Å². The van der Waals surface area contributed by atoms with Crippen molar-refractivity contribution in [1.82, 2.24) is 0 Å². The minimum absolute atomic E-state index is 0.0122. The van der Waals surface area contributed by atoms with Gasteiger partial charge in [-0.3, -0.25) is 28.8 Å². The number of ketones is 6. The maximum atomic E-state index is 12.7. The Morgan fingerprint density at radius 1 is 0.457 bits per heavy atom. The number of benzene rings is 4. The third-order valence-corrected chi connectivity index (χ3v) is 7.60. The molecule has 0 aliphatic carbocycles. The fraction of sp³-hybridized carbons (Fsp3) is 0.250. The molecule has 4 aromatic carbocycles. The molecular formula is C40H40O6. The molecule has 6 heteroatoms. The van der Waals surface area contributed by atoms with Gasteiger partial charge in [0.05, 0.1) is 5.92 Å². The van der Waals surface area contributed by atoms with Gasteiger partial charge in [-0.2, -0.15) is 0 Å². The predicted molar refractivity (Wildman–Crippen MR) is 179 cm³/mol. The van der Waals surface area contributed by atoms with E-state index in [1.807, 2.05) is 128 Å². The molecule has 4 aromatic rings. The third-order valence-electron chi connectivity index (χ3n) is 7.60. The van der Waals surface area contributed by atoms with Gasteiger partial charge in [0, 0.05) is 38.0 Å². The van der Waals surface area contributed by atoms with E-state index < -0.39 is 34.8 Å². The SMILES string of the molecule is CCC(=O)C(=O)CCC(=O)C(c1ccccc1)c1ccccc1.CCCC(=O)C(=O)C(=O)CC(c1ccccc1)c1ccccc1. The molecule has 0 fully saturated rings. The summed E-state index contributed by atoms with van der Waals surface area (Å²) in [6.07, 6.45) is 0.974. The van der Waals surface area contributed by atoms with Crippen molar-refractivity contribution in [3.8, 4) is 0 Å². The largest absolute Gasteiger partial charge is 0.299 e. The summed E-state index contributed by atoms with van der Waals surface area (Å²) >= 11 is 0. The van der Waals surface area contributed by atoms with Crippen molar-refractivity contribution < 1.29 is 28.8 Å². The van der Waals surface area contributed by atoms with Crippen LogP contribution in [0.1, 0.15) is 86.5 Å². The second-order valence-electron chi connectivity index (χ2n) is 10.9. The van der Waals surface area contributed by atoms with Gasteiger partial charge < -0.3 is 0 Å². The molecule has 0 amide bonds. The Kier molecular flexibility index (Phi) is 14.3. The highest BCUT2D eigenvalue weighted by Crippen LogP contribution is 2.29. The molecule has 6 nitrogen and oxygen atoms in total. The fourth-order valence-electron chi connectivity index (χ4n) is 5.15. The molecular weight excluding hydrogens is 576 g/mol. The number of carbonyl (C=O) groups is 6. The van der Waals surface area contributed by atoms with Gasteiger partial charge in [-0.05, 0) is 28.7 Å². The molecule has 0 bridgehead atoms. The van der Waals surface area contributed by atoms with Gasteiger partial charge in [0.2, 0.25) is 11.6 Å². The Hall–Kier alpha value is -5.10. The summed E-state index contributed by atoms with van der Waals surface area (Å²) < 4.78 is 0. The van der Waals surface area contributed by atoms with E-state index >= 15 is 0 Å². The van der Waals surface area contributed by atoms with Crippen LogP contribution in [0, 0.1) is 0 Å². The Balaban J connectivity index is 0.000000250. The van der Waals surface area contributed by atoms with Crippen molar-refractivity contribution in [3.63, 3.8) is 0 Å². The van der Waals surface area contributed by atoms with Gasteiger partial charge in [0.25, 0.3) is 5.78 Å². The molecule has 0 saturated carbocycles. The lowest BCUT2D eigenvalue weighted by molar-refractivity contribution is -0.144. The second kappa shape index (κ2) is 18.6. The highest BCUT2D eigenvalue weighted by molar-refractivity contribution is 6.63. The standard InChI is InChI=1S/2C20H20O3/c1-2-17(21)18(22)13-14-19(23)20(15-9-5-3-6-10-15)16-11-7-4-8-12-16;1-2-9-18(21)20(23)19(22)14-17(15-10-5-3-6-11-15)16-12-7-4-8-13-16/h3-12,20H,2,13-14H2,1H3;3-8,10-13,17H,2,9,14H2,1H3. The van der Waals surface area contributed by atoms with Gasteiger partial charge >= 0.3 is 0 Å². The van der Waals surface area contributed by atoms with Crippen LogP contribution in [-0.4, -0.2) is 34.7 Å². The van der Waals surface area contributed by atoms with Crippen LogP contribution in [0.25, 0.3) is 0 Å². The molecule has 0 atom stereocenters. The number of hydrogen-bond acceptors (Lipinski definition) is 6. The molecule has 0 aromatic heterocycles. The van der Waals surface area contributed by atoms with E-state index in [0.29, 0.717) is 6.42 Å². The monoisotopic (exact) mass is 616 g/mol. The molecule has 4 rings (SSSR count). The van der Waals surface area contributed by atoms with Crippen molar-refractivity contribution in [3.05, 3.63) is 144 Å². The zero-order valence-electron chi connectivity index (χ0n) is 26.4. The van der Waals surface area contributed by atoms with Crippen molar-refractivity contribution in [2.24, 2.45) is 0 Å². The molecule has 0 radical (unpaired) electrons. The first-order chi connectivity index (χ1) is 22.3. The van der Waals surface area contributed by atoms with Crippen molar-refractivity contribution in [2.45, 2.75) is 64.2 Å². The van der Waals surface area contributed by atoms with Gasteiger partial charge in [-0.1, -0.05) is 135 Å². The summed E-state index contributed by atoms with van der Waals surface area (Å²) in [6, 6.07) is 38.2. The van der Waals surface area contributed by atoms with Crippen molar-refractivity contribution >= 4 is 34.7 Å². The molecule has 46 heavy (non-hydrogen) atoms. The van der Waals surface area contributed by atoms with Gasteiger partial charge in [0.1, 0.15) is 5.78 Å². The summed E-state index contributed by atoms with van der Waals surface area (Å²) in [6.45, 7) is 3.46. The highest BCUT2D eigenvalue weighted by atomic mass is 16.2. The first-order valence-corrected chi connectivity index (χ1v) is 15.7. The fourth-order valence-corrected chi connectivity index (χ4v) is 5.15. The number of hydrogen-bond donors (Lipinski definition) is 0. The number of carbonyl (C=O) groups excluding carboxylic acids is 6. The summed E-state index contributed by atoms with van der Waals surface area (Å²) in [4.78, 5) is 71.6. The van der Waals surface area contributed by atoms with Gasteiger partial charge in [-0.15, -0.1) is 0 Å². The van der Waals surface area contributed by atoms with Crippen LogP contribution < -0.4 is 0 Å². The maximum absolute atomic E-state index is 12.7. The molecule has 0 unspecified atom stereocenters. The Bertz CT molecular complexity index is 1520. The van der Waals surface area contributed by atoms with Crippen LogP contribution in [0.2, 0.25) is 0 Å². The summed E-state index contributed by atoms with van der Waals surface area (Å²) in [5.74, 6) is -3.60. The lowest BCUT2D eigenvalue weighted by atomic mass is 9.85. The minimum atomic E-state index is -0.872. The predicted octanol–water partition coefficient (Wildman–Crippen LogP) is 7.43. The molecule has 0 aliphatic rings. The molecule has 0 spiro atoms. The van der Waals surface area contributed by atoms with E-state index in [9.17, 15) is 28.8 Å². The first-order valence-electron chi connectivity index (χ1n) is 15.7. The number of rotatable bonds is 16. The normalized spacial score (nSPS) is 10.5. The Labute approximate surface area is 270 Å².